The smallest absolute Gasteiger partial charge is 0.113 e. The van der Waals surface area contributed by atoms with Gasteiger partial charge in [-0.3, -0.25) is 0 Å². The summed E-state index contributed by atoms with van der Waals surface area (Å²) >= 11 is 1.68. The van der Waals surface area contributed by atoms with Gasteiger partial charge in [0.05, 0.1) is 12.2 Å². The van der Waals surface area contributed by atoms with E-state index in [4.69, 9.17) is 0 Å². The zero-order chi connectivity index (χ0) is 9.38. The molecule has 1 N–H and O–H groups in total. The fourth-order valence-electron chi connectivity index (χ4n) is 1.46. The molecule has 3 heterocycles. The lowest BCUT2D eigenvalue weighted by Crippen LogP contribution is -2.43. The van der Waals surface area contributed by atoms with Gasteiger partial charge in [-0.15, -0.1) is 5.10 Å². The molecule has 72 valence electrons. The fourth-order valence-corrected chi connectivity index (χ4v) is 2.11. The topological polar surface area (TPSA) is 42.7 Å². The van der Waals surface area contributed by atoms with Crippen molar-refractivity contribution in [3.8, 4) is 11.3 Å². The van der Waals surface area contributed by atoms with Crippen molar-refractivity contribution in [3.05, 3.63) is 23.0 Å². The Bertz CT molecular complexity index is 416. The van der Waals surface area contributed by atoms with E-state index in [-0.39, 0.29) is 0 Å². The Morgan fingerprint density at radius 1 is 1.50 bits per heavy atom. The standard InChI is InChI=1S/C9H10N4S/c1-2-14-6-7(1)9-5-13(12-11-9)8-3-10-4-8/h1-2,5-6,8,10H,3-4H2. The molecule has 0 atom stereocenters. The number of nitrogens with one attached hydrogen (secondary N) is 1. The lowest BCUT2D eigenvalue weighted by molar-refractivity contribution is 0.313. The highest BCUT2D eigenvalue weighted by atomic mass is 32.1. The number of thiophene rings is 1. The first-order chi connectivity index (χ1) is 6.93. The molecule has 2 aromatic heterocycles. The molecule has 0 aliphatic carbocycles. The van der Waals surface area contributed by atoms with Crippen LogP contribution in [0.3, 0.4) is 0 Å². The second-order valence-corrected chi connectivity index (χ2v) is 4.19. The molecular formula is C9H10N4S. The van der Waals surface area contributed by atoms with Crippen LogP contribution in [0.5, 0.6) is 0 Å². The van der Waals surface area contributed by atoms with E-state index in [9.17, 15) is 0 Å². The molecule has 5 heteroatoms. The van der Waals surface area contributed by atoms with Crippen LogP contribution in [0.1, 0.15) is 6.04 Å². The van der Waals surface area contributed by atoms with Crippen LogP contribution in [0.2, 0.25) is 0 Å². The Labute approximate surface area is 85.6 Å². The maximum Gasteiger partial charge on any atom is 0.113 e. The van der Waals surface area contributed by atoms with Crippen molar-refractivity contribution in [2.24, 2.45) is 0 Å². The van der Waals surface area contributed by atoms with Gasteiger partial charge in [0.25, 0.3) is 0 Å². The van der Waals surface area contributed by atoms with E-state index >= 15 is 0 Å². The van der Waals surface area contributed by atoms with Crippen LogP contribution in [-0.2, 0) is 0 Å². The summed E-state index contributed by atoms with van der Waals surface area (Å²) in [5.74, 6) is 0. The zero-order valence-electron chi connectivity index (χ0n) is 7.55. The summed E-state index contributed by atoms with van der Waals surface area (Å²) in [7, 11) is 0. The zero-order valence-corrected chi connectivity index (χ0v) is 8.37. The Balaban J connectivity index is 1.90. The Morgan fingerprint density at radius 2 is 2.43 bits per heavy atom. The third-order valence-corrected chi connectivity index (χ3v) is 3.14. The normalized spacial score (nSPS) is 16.9. The Kier molecular flexibility index (Phi) is 1.85. The van der Waals surface area contributed by atoms with Crippen LogP contribution in [0.25, 0.3) is 11.3 Å². The van der Waals surface area contributed by atoms with Gasteiger partial charge < -0.3 is 5.32 Å². The maximum absolute atomic E-state index is 4.15. The summed E-state index contributed by atoms with van der Waals surface area (Å²) in [6, 6.07) is 2.56. The van der Waals surface area contributed by atoms with Crippen LogP contribution in [0.4, 0.5) is 0 Å². The minimum absolute atomic E-state index is 0.495. The van der Waals surface area contributed by atoms with Gasteiger partial charge in [0, 0.05) is 24.0 Å². The van der Waals surface area contributed by atoms with Crippen LogP contribution in [0.15, 0.2) is 23.0 Å². The molecule has 1 aliphatic heterocycles. The summed E-state index contributed by atoms with van der Waals surface area (Å²) in [6.07, 6.45) is 2.02. The van der Waals surface area contributed by atoms with Crippen LogP contribution < -0.4 is 5.32 Å². The summed E-state index contributed by atoms with van der Waals surface area (Å²) in [5.41, 5.74) is 2.13. The van der Waals surface area contributed by atoms with E-state index in [2.05, 4.69) is 32.5 Å². The highest BCUT2D eigenvalue weighted by Gasteiger charge is 2.20. The maximum atomic E-state index is 4.15. The van der Waals surface area contributed by atoms with Crippen molar-refractivity contribution in [2.45, 2.75) is 6.04 Å². The van der Waals surface area contributed by atoms with E-state index in [1.807, 2.05) is 10.9 Å². The molecule has 0 bridgehead atoms. The summed E-state index contributed by atoms with van der Waals surface area (Å²) in [4.78, 5) is 0. The molecule has 4 nitrogen and oxygen atoms in total. The van der Waals surface area contributed by atoms with Crippen molar-refractivity contribution in [2.75, 3.05) is 13.1 Å². The number of nitrogens with zero attached hydrogens (tertiary/aromatic N) is 3. The largest absolute Gasteiger partial charge is 0.312 e. The van der Waals surface area contributed by atoms with Crippen LogP contribution in [0, 0.1) is 0 Å². The number of hydrogen-bond donors (Lipinski definition) is 1. The molecule has 0 aromatic carbocycles. The molecule has 1 saturated heterocycles. The predicted molar refractivity (Wildman–Crippen MR) is 55.2 cm³/mol. The van der Waals surface area contributed by atoms with Gasteiger partial charge in [-0.25, -0.2) is 4.68 Å². The highest BCUT2D eigenvalue weighted by Crippen LogP contribution is 2.20. The molecule has 0 unspecified atom stereocenters. The van der Waals surface area contributed by atoms with E-state index < -0.39 is 0 Å². The average molecular weight is 206 g/mol. The highest BCUT2D eigenvalue weighted by molar-refractivity contribution is 7.08. The summed E-state index contributed by atoms with van der Waals surface area (Å²) < 4.78 is 1.95. The van der Waals surface area contributed by atoms with Crippen LogP contribution >= 0.6 is 11.3 Å². The van der Waals surface area contributed by atoms with Gasteiger partial charge in [-0.1, -0.05) is 5.21 Å². The SMILES string of the molecule is c1cc(-c2cn(C3CNC3)nn2)cs1. The summed E-state index contributed by atoms with van der Waals surface area (Å²) in [6.45, 7) is 2.01. The molecule has 0 amide bonds. The van der Waals surface area contributed by atoms with Gasteiger partial charge in [0.1, 0.15) is 5.69 Å². The first-order valence-electron chi connectivity index (χ1n) is 4.58. The fraction of sp³-hybridized carbons (Fsp3) is 0.333. The van der Waals surface area contributed by atoms with Gasteiger partial charge >= 0.3 is 0 Å². The molecule has 1 aliphatic rings. The monoisotopic (exact) mass is 206 g/mol. The molecule has 3 rings (SSSR count). The minimum Gasteiger partial charge on any atom is -0.312 e. The van der Waals surface area contributed by atoms with E-state index in [1.165, 1.54) is 0 Å². The second-order valence-electron chi connectivity index (χ2n) is 3.41. The molecule has 0 saturated carbocycles. The second kappa shape index (κ2) is 3.18. The quantitative estimate of drug-likeness (QED) is 0.801. The Morgan fingerprint density at radius 3 is 3.07 bits per heavy atom. The van der Waals surface area contributed by atoms with Crippen molar-refractivity contribution in [1.29, 1.82) is 0 Å². The van der Waals surface area contributed by atoms with Crippen molar-refractivity contribution >= 4 is 11.3 Å². The van der Waals surface area contributed by atoms with Gasteiger partial charge in [0.15, 0.2) is 0 Å². The number of rotatable bonds is 2. The van der Waals surface area contributed by atoms with Crippen molar-refractivity contribution < 1.29 is 0 Å². The van der Waals surface area contributed by atoms with Gasteiger partial charge in [-0.2, -0.15) is 11.3 Å². The van der Waals surface area contributed by atoms with Crippen molar-refractivity contribution in [1.82, 2.24) is 20.3 Å². The van der Waals surface area contributed by atoms with Gasteiger partial charge in [-0.05, 0) is 11.4 Å². The molecule has 14 heavy (non-hydrogen) atoms. The lowest BCUT2D eigenvalue weighted by Gasteiger charge is -2.26. The van der Waals surface area contributed by atoms with Crippen LogP contribution in [-0.4, -0.2) is 28.1 Å². The number of aromatic nitrogens is 3. The predicted octanol–water partition coefficient (Wildman–Crippen LogP) is 1.15. The average Bonchev–Trinajstić information content (AvgIpc) is 2.65. The molecule has 2 aromatic rings. The van der Waals surface area contributed by atoms with E-state index in [1.54, 1.807) is 11.3 Å². The lowest BCUT2D eigenvalue weighted by atomic mass is 10.2. The third kappa shape index (κ3) is 1.25. The van der Waals surface area contributed by atoms with Crippen molar-refractivity contribution in [3.63, 3.8) is 0 Å². The van der Waals surface area contributed by atoms with Gasteiger partial charge in [0.2, 0.25) is 0 Å². The molecule has 0 radical (unpaired) electrons. The summed E-state index contributed by atoms with van der Waals surface area (Å²) in [5, 5.41) is 15.6. The molecular weight excluding hydrogens is 196 g/mol. The van der Waals surface area contributed by atoms with E-state index in [0.717, 1.165) is 24.3 Å². The first-order valence-corrected chi connectivity index (χ1v) is 5.53. The molecule has 0 spiro atoms. The first kappa shape index (κ1) is 8.14. The third-order valence-electron chi connectivity index (χ3n) is 2.46. The Hall–Kier alpha value is -1.20. The molecule has 1 fully saturated rings. The number of hydrogen-bond acceptors (Lipinski definition) is 4. The minimum atomic E-state index is 0.495. The van der Waals surface area contributed by atoms with E-state index in [0.29, 0.717) is 6.04 Å².